The number of hydrogen-bond donors (Lipinski definition) is 0. The second kappa shape index (κ2) is 6.76. The maximum absolute atomic E-state index is 11.8. The predicted molar refractivity (Wildman–Crippen MR) is 82.6 cm³/mol. The van der Waals surface area contributed by atoms with Crippen LogP contribution in [0.2, 0.25) is 0 Å². The van der Waals surface area contributed by atoms with Gasteiger partial charge in [-0.15, -0.1) is 0 Å². The van der Waals surface area contributed by atoms with Crippen LogP contribution >= 0.6 is 0 Å². The van der Waals surface area contributed by atoms with Crippen molar-refractivity contribution in [2.45, 2.75) is 25.2 Å². The lowest BCUT2D eigenvalue weighted by Crippen LogP contribution is -2.51. The van der Waals surface area contributed by atoms with Crippen molar-refractivity contribution in [3.63, 3.8) is 0 Å². The van der Waals surface area contributed by atoms with E-state index in [2.05, 4.69) is 4.99 Å². The lowest BCUT2D eigenvalue weighted by Gasteiger charge is -2.31. The third kappa shape index (κ3) is 4.60. The maximum Gasteiger partial charge on any atom is 0.466 e. The van der Waals surface area contributed by atoms with Gasteiger partial charge < -0.3 is 4.74 Å². The average Bonchev–Trinajstić information content (AvgIpc) is 2.44. The summed E-state index contributed by atoms with van der Waals surface area (Å²) < 4.78 is 15.6. The fraction of sp³-hybridized carbons (Fsp3) is 0.467. The lowest BCUT2D eigenvalue weighted by atomic mass is 10.1. The van der Waals surface area contributed by atoms with E-state index >= 15 is 0 Å². The molecule has 1 amide bonds. The number of rotatable bonds is 5. The van der Waals surface area contributed by atoms with Gasteiger partial charge >= 0.3 is 17.8 Å². The van der Waals surface area contributed by atoms with Crippen molar-refractivity contribution in [1.82, 2.24) is 4.90 Å². The monoisotopic (exact) mass is 307 g/mol. The molecule has 1 aliphatic heterocycles. The Kier molecular flexibility index (Phi) is 5.01. The van der Waals surface area contributed by atoms with Crippen molar-refractivity contribution < 1.29 is 13.7 Å². The number of hydrogen-bond acceptors (Lipinski definition) is 4. The minimum Gasteiger partial charge on any atom is -0.445 e. The third-order valence-electron chi connectivity index (χ3n) is 3.12. The van der Waals surface area contributed by atoms with E-state index in [1.807, 2.05) is 44.2 Å². The van der Waals surface area contributed by atoms with Crippen LogP contribution in [0.3, 0.4) is 0 Å². The molecule has 1 saturated heterocycles. The fourth-order valence-corrected chi connectivity index (χ4v) is 1.88. The molecule has 0 spiro atoms. The molecular formula is C15H19N2O3S+. The van der Waals surface area contributed by atoms with Gasteiger partial charge in [-0.3, -0.25) is 9.89 Å². The van der Waals surface area contributed by atoms with Crippen LogP contribution in [-0.2, 0) is 27.2 Å². The smallest absolute Gasteiger partial charge is 0.445 e. The summed E-state index contributed by atoms with van der Waals surface area (Å²) in [5.74, 6) is 0. The number of nitrogens with zero attached hydrogens (tertiary/aromatic N) is 2. The SMILES string of the molecule is CC(C)(CN=C1CN(C(=O)OCc2ccccc2)C1)[S+]=O. The maximum atomic E-state index is 11.8. The summed E-state index contributed by atoms with van der Waals surface area (Å²) in [4.78, 5) is 17.8. The third-order valence-corrected chi connectivity index (χ3v) is 3.70. The first-order valence-corrected chi connectivity index (χ1v) is 7.53. The minimum atomic E-state index is -0.402. The quantitative estimate of drug-likeness (QED) is 0.784. The number of amides is 1. The predicted octanol–water partition coefficient (Wildman–Crippen LogP) is 2.29. The summed E-state index contributed by atoms with van der Waals surface area (Å²) in [7, 11) is 0. The van der Waals surface area contributed by atoms with E-state index in [9.17, 15) is 9.00 Å². The molecule has 0 aromatic heterocycles. The van der Waals surface area contributed by atoms with Gasteiger partial charge in [-0.25, -0.2) is 4.79 Å². The molecule has 5 nitrogen and oxygen atoms in total. The Morgan fingerprint density at radius 3 is 2.62 bits per heavy atom. The molecule has 0 radical (unpaired) electrons. The lowest BCUT2D eigenvalue weighted by molar-refractivity contribution is 0.0991. The van der Waals surface area contributed by atoms with Crippen molar-refractivity contribution in [3.8, 4) is 0 Å². The first-order chi connectivity index (χ1) is 10.00. The van der Waals surface area contributed by atoms with E-state index in [-0.39, 0.29) is 12.7 Å². The molecule has 0 unspecified atom stereocenters. The molecule has 112 valence electrons. The highest BCUT2D eigenvalue weighted by Crippen LogP contribution is 2.12. The molecule has 1 aliphatic rings. The van der Waals surface area contributed by atoms with Gasteiger partial charge in [0.2, 0.25) is 0 Å². The minimum absolute atomic E-state index is 0.280. The van der Waals surface area contributed by atoms with E-state index in [1.165, 1.54) is 0 Å². The normalized spacial score (nSPS) is 14.4. The highest BCUT2D eigenvalue weighted by Gasteiger charge is 2.34. The second-order valence-corrected chi connectivity index (χ2v) is 6.89. The first-order valence-electron chi connectivity index (χ1n) is 6.79. The van der Waals surface area contributed by atoms with E-state index in [0.717, 1.165) is 11.3 Å². The molecule has 1 aromatic carbocycles. The summed E-state index contributed by atoms with van der Waals surface area (Å²) in [6.45, 7) is 5.46. The highest BCUT2D eigenvalue weighted by molar-refractivity contribution is 7.67. The molecule has 0 aliphatic carbocycles. The van der Waals surface area contributed by atoms with Crippen LogP contribution in [0.25, 0.3) is 0 Å². The highest BCUT2D eigenvalue weighted by atomic mass is 32.1. The zero-order chi connectivity index (χ0) is 15.3. The molecule has 0 bridgehead atoms. The Hall–Kier alpha value is -1.82. The Balaban J connectivity index is 1.73. The largest absolute Gasteiger partial charge is 0.466 e. The van der Waals surface area contributed by atoms with Crippen LogP contribution in [0.1, 0.15) is 19.4 Å². The fourth-order valence-electron chi connectivity index (χ4n) is 1.76. The molecule has 2 rings (SSSR count). The summed E-state index contributed by atoms with van der Waals surface area (Å²) in [5.41, 5.74) is 1.91. The Bertz CT molecular complexity index is 535. The summed E-state index contributed by atoms with van der Waals surface area (Å²) in [6, 6.07) is 9.57. The molecular weight excluding hydrogens is 288 g/mol. The zero-order valence-electron chi connectivity index (χ0n) is 12.2. The Morgan fingerprint density at radius 2 is 2.00 bits per heavy atom. The molecule has 0 saturated carbocycles. The van der Waals surface area contributed by atoms with Gasteiger partial charge in [-0.1, -0.05) is 30.3 Å². The molecule has 21 heavy (non-hydrogen) atoms. The van der Waals surface area contributed by atoms with Crippen molar-refractivity contribution >= 4 is 23.5 Å². The van der Waals surface area contributed by atoms with Crippen molar-refractivity contribution in [2.75, 3.05) is 19.6 Å². The standard InChI is InChI=1S/C15H19N2O3S/c1-15(2,21-19)11-16-13-8-17(9-13)14(18)20-10-12-6-4-3-5-7-12/h3-7H,8-11H2,1-2H3/q+1. The summed E-state index contributed by atoms with van der Waals surface area (Å²) in [6.07, 6.45) is -0.324. The number of likely N-dealkylation sites (tertiary alicyclic amines) is 1. The van der Waals surface area contributed by atoms with Gasteiger partial charge in [-0.05, 0) is 5.56 Å². The number of benzene rings is 1. The topological polar surface area (TPSA) is 59.0 Å². The van der Waals surface area contributed by atoms with Crippen molar-refractivity contribution in [2.24, 2.45) is 4.99 Å². The van der Waals surface area contributed by atoms with Gasteiger partial charge in [0.1, 0.15) is 13.2 Å². The molecule has 1 aromatic rings. The van der Waals surface area contributed by atoms with Gasteiger partial charge in [0.15, 0.2) is 0 Å². The average molecular weight is 307 g/mol. The van der Waals surface area contributed by atoms with Crippen LogP contribution in [0.5, 0.6) is 0 Å². The molecule has 0 N–H and O–H groups in total. The van der Waals surface area contributed by atoms with Crippen LogP contribution in [-0.4, -0.2) is 41.1 Å². The van der Waals surface area contributed by atoms with Crippen molar-refractivity contribution in [1.29, 1.82) is 0 Å². The van der Waals surface area contributed by atoms with Gasteiger partial charge in [0, 0.05) is 18.1 Å². The summed E-state index contributed by atoms with van der Waals surface area (Å²) in [5, 5.41) is 0. The number of ether oxygens (including phenoxy) is 1. The van der Waals surface area contributed by atoms with Gasteiger partial charge in [-0.2, -0.15) is 0 Å². The molecule has 0 atom stereocenters. The van der Waals surface area contributed by atoms with Crippen molar-refractivity contribution in [3.05, 3.63) is 35.9 Å². The number of carbonyl (C=O) groups is 1. The summed E-state index contributed by atoms with van der Waals surface area (Å²) >= 11 is 0.554. The van der Waals surface area contributed by atoms with E-state index in [1.54, 1.807) is 4.90 Å². The van der Waals surface area contributed by atoms with Gasteiger partial charge in [0.05, 0.1) is 18.8 Å². The Morgan fingerprint density at radius 1 is 1.33 bits per heavy atom. The Labute approximate surface area is 128 Å². The molecule has 1 fully saturated rings. The number of aliphatic imine (C=N–C) groups is 1. The van der Waals surface area contributed by atoms with E-state index in [4.69, 9.17) is 4.74 Å². The van der Waals surface area contributed by atoms with Crippen LogP contribution in [0.15, 0.2) is 35.3 Å². The molecule has 1 heterocycles. The van der Waals surface area contributed by atoms with Crippen LogP contribution < -0.4 is 0 Å². The van der Waals surface area contributed by atoms with Crippen LogP contribution in [0.4, 0.5) is 4.79 Å². The van der Waals surface area contributed by atoms with E-state index < -0.39 is 4.75 Å². The molecule has 6 heteroatoms. The zero-order valence-corrected chi connectivity index (χ0v) is 13.1. The van der Waals surface area contributed by atoms with Gasteiger partial charge in [0.25, 0.3) is 4.75 Å². The van der Waals surface area contributed by atoms with E-state index in [0.29, 0.717) is 31.3 Å². The number of carbonyl (C=O) groups excluding carboxylic acids is 1. The van der Waals surface area contributed by atoms with Crippen LogP contribution in [0, 0.1) is 0 Å². The first kappa shape index (κ1) is 15.6. The second-order valence-electron chi connectivity index (χ2n) is 5.62.